The van der Waals surface area contributed by atoms with E-state index in [1.165, 1.54) is 0 Å². The summed E-state index contributed by atoms with van der Waals surface area (Å²) in [5, 5.41) is 12.9. The quantitative estimate of drug-likeness (QED) is 0.334. The van der Waals surface area contributed by atoms with E-state index >= 15 is 0 Å². The van der Waals surface area contributed by atoms with E-state index in [-0.39, 0.29) is 5.84 Å². The van der Waals surface area contributed by atoms with Crippen LogP contribution in [0.1, 0.15) is 12.0 Å². The van der Waals surface area contributed by atoms with Crippen LogP contribution in [-0.2, 0) is 11.3 Å². The van der Waals surface area contributed by atoms with Gasteiger partial charge in [0.05, 0.1) is 6.61 Å². The van der Waals surface area contributed by atoms with E-state index in [0.717, 1.165) is 12.1 Å². The first kappa shape index (κ1) is 17.0. The maximum Gasteiger partial charge on any atom is 0.140 e. The van der Waals surface area contributed by atoms with E-state index in [4.69, 9.17) is 38.9 Å². The number of amidine groups is 1. The predicted molar refractivity (Wildman–Crippen MR) is 81.6 cm³/mol. The molecule has 3 N–H and O–H groups in total. The number of nitrogens with zero attached hydrogens (tertiary/aromatic N) is 2. The molecule has 0 bridgehead atoms. The van der Waals surface area contributed by atoms with Crippen molar-refractivity contribution in [3.63, 3.8) is 0 Å². The van der Waals surface area contributed by atoms with Gasteiger partial charge in [0.2, 0.25) is 0 Å². The molecular weight excluding hydrogens is 301 g/mol. The maximum absolute atomic E-state index is 8.58. The highest BCUT2D eigenvalue weighted by Gasteiger charge is 2.10. The third-order valence-electron chi connectivity index (χ3n) is 2.83. The summed E-state index contributed by atoms with van der Waals surface area (Å²) in [6.45, 7) is 2.58. The maximum atomic E-state index is 8.58. The third-order valence-corrected chi connectivity index (χ3v) is 3.43. The molecule has 7 heteroatoms. The number of rotatable bonds is 8. The number of ether oxygens (including phenoxy) is 1. The molecule has 5 nitrogen and oxygen atoms in total. The van der Waals surface area contributed by atoms with Crippen LogP contribution in [0.5, 0.6) is 0 Å². The number of benzene rings is 1. The van der Waals surface area contributed by atoms with E-state index in [1.54, 1.807) is 19.2 Å². The zero-order valence-electron chi connectivity index (χ0n) is 11.4. The lowest BCUT2D eigenvalue weighted by Crippen LogP contribution is -2.31. The van der Waals surface area contributed by atoms with E-state index < -0.39 is 0 Å². The molecule has 0 amide bonds. The van der Waals surface area contributed by atoms with Gasteiger partial charge in [-0.3, -0.25) is 4.90 Å². The second kappa shape index (κ2) is 9.02. The van der Waals surface area contributed by atoms with Gasteiger partial charge in [0, 0.05) is 43.2 Å². The normalized spacial score (nSPS) is 12.1. The summed E-state index contributed by atoms with van der Waals surface area (Å²) in [7, 11) is 1.65. The largest absolute Gasteiger partial charge is 0.409 e. The standard InChI is InChI=1S/C13H19Cl2N3O2/c1-20-7-6-18(5-4-13(16)17-19)9-10-8-11(14)2-3-12(10)15/h2-3,8,19H,4-7,9H2,1H3,(H2,16,17). The van der Waals surface area contributed by atoms with Gasteiger partial charge in [0.15, 0.2) is 0 Å². The van der Waals surface area contributed by atoms with Crippen LogP contribution in [0.25, 0.3) is 0 Å². The monoisotopic (exact) mass is 319 g/mol. The molecule has 1 aromatic carbocycles. The fourth-order valence-electron chi connectivity index (χ4n) is 1.72. The van der Waals surface area contributed by atoms with Crippen LogP contribution < -0.4 is 5.73 Å². The Labute approximate surface area is 128 Å². The summed E-state index contributed by atoms with van der Waals surface area (Å²) in [4.78, 5) is 2.11. The minimum atomic E-state index is 0.199. The van der Waals surface area contributed by atoms with Crippen molar-refractivity contribution >= 4 is 29.0 Å². The van der Waals surface area contributed by atoms with Crippen molar-refractivity contribution in [2.24, 2.45) is 10.9 Å². The molecule has 0 aliphatic heterocycles. The lowest BCUT2D eigenvalue weighted by Gasteiger charge is -2.22. The molecule has 0 fully saturated rings. The second-order valence-corrected chi connectivity index (χ2v) is 5.19. The van der Waals surface area contributed by atoms with Crippen LogP contribution >= 0.6 is 23.2 Å². The Hall–Kier alpha value is -1.01. The van der Waals surface area contributed by atoms with Gasteiger partial charge < -0.3 is 15.7 Å². The molecule has 0 atom stereocenters. The Morgan fingerprint density at radius 3 is 2.80 bits per heavy atom. The van der Waals surface area contributed by atoms with E-state index in [9.17, 15) is 0 Å². The number of methoxy groups -OCH3 is 1. The van der Waals surface area contributed by atoms with Crippen LogP contribution in [0.3, 0.4) is 0 Å². The molecule has 20 heavy (non-hydrogen) atoms. The highest BCUT2D eigenvalue weighted by Crippen LogP contribution is 2.22. The Kier molecular flexibility index (Phi) is 7.69. The summed E-state index contributed by atoms with van der Waals surface area (Å²) in [5.74, 6) is 0.199. The highest BCUT2D eigenvalue weighted by atomic mass is 35.5. The Balaban J connectivity index is 2.69. The first-order valence-corrected chi connectivity index (χ1v) is 6.94. The van der Waals surface area contributed by atoms with Crippen molar-refractivity contribution in [3.05, 3.63) is 33.8 Å². The lowest BCUT2D eigenvalue weighted by molar-refractivity contribution is 0.145. The van der Waals surface area contributed by atoms with E-state index in [2.05, 4.69) is 10.1 Å². The second-order valence-electron chi connectivity index (χ2n) is 4.35. The van der Waals surface area contributed by atoms with E-state index in [1.807, 2.05) is 6.07 Å². The minimum Gasteiger partial charge on any atom is -0.409 e. The number of hydrogen-bond acceptors (Lipinski definition) is 4. The third kappa shape index (κ3) is 5.96. The Bertz CT molecular complexity index is 455. The molecule has 0 radical (unpaired) electrons. The molecule has 0 aromatic heterocycles. The van der Waals surface area contributed by atoms with Crippen molar-refractivity contribution in [2.45, 2.75) is 13.0 Å². The molecule has 0 aliphatic carbocycles. The summed E-state index contributed by atoms with van der Waals surface area (Å²) >= 11 is 12.1. The molecule has 112 valence electrons. The molecule has 0 aliphatic rings. The SMILES string of the molecule is COCCN(CCC(N)=NO)Cc1cc(Cl)ccc1Cl. The average Bonchev–Trinajstić information content (AvgIpc) is 2.45. The van der Waals surface area contributed by atoms with Crippen LogP contribution in [-0.4, -0.2) is 42.7 Å². The minimum absolute atomic E-state index is 0.199. The summed E-state index contributed by atoms with van der Waals surface area (Å²) in [5.41, 5.74) is 6.43. The summed E-state index contributed by atoms with van der Waals surface area (Å²) in [6, 6.07) is 5.37. The summed E-state index contributed by atoms with van der Waals surface area (Å²) in [6.07, 6.45) is 0.471. The van der Waals surface area contributed by atoms with Gasteiger partial charge in [-0.05, 0) is 23.8 Å². The zero-order chi connectivity index (χ0) is 15.0. The van der Waals surface area contributed by atoms with Crippen molar-refractivity contribution in [1.82, 2.24) is 4.90 Å². The van der Waals surface area contributed by atoms with Gasteiger partial charge in [-0.1, -0.05) is 28.4 Å². The lowest BCUT2D eigenvalue weighted by atomic mass is 10.2. The van der Waals surface area contributed by atoms with Gasteiger partial charge in [-0.25, -0.2) is 0 Å². The molecule has 0 saturated heterocycles. The topological polar surface area (TPSA) is 71.1 Å². The fraction of sp³-hybridized carbons (Fsp3) is 0.462. The molecule has 0 unspecified atom stereocenters. The van der Waals surface area contributed by atoms with Crippen LogP contribution in [0, 0.1) is 0 Å². The van der Waals surface area contributed by atoms with Gasteiger partial charge >= 0.3 is 0 Å². The van der Waals surface area contributed by atoms with Gasteiger partial charge in [0.1, 0.15) is 5.84 Å². The van der Waals surface area contributed by atoms with Crippen LogP contribution in [0.2, 0.25) is 10.0 Å². The van der Waals surface area contributed by atoms with Crippen LogP contribution in [0.15, 0.2) is 23.4 Å². The average molecular weight is 320 g/mol. The fourth-order valence-corrected chi connectivity index (χ4v) is 2.09. The van der Waals surface area contributed by atoms with Crippen molar-refractivity contribution in [3.8, 4) is 0 Å². The molecular formula is C13H19Cl2N3O2. The highest BCUT2D eigenvalue weighted by molar-refractivity contribution is 6.33. The summed E-state index contributed by atoms with van der Waals surface area (Å²) < 4.78 is 5.09. The van der Waals surface area contributed by atoms with Gasteiger partial charge in [-0.2, -0.15) is 0 Å². The first-order chi connectivity index (χ1) is 9.56. The van der Waals surface area contributed by atoms with E-state index in [0.29, 0.717) is 36.2 Å². The molecule has 1 rings (SSSR count). The van der Waals surface area contributed by atoms with Crippen molar-refractivity contribution < 1.29 is 9.94 Å². The number of nitrogens with two attached hydrogens (primary N) is 1. The number of hydrogen-bond donors (Lipinski definition) is 2. The van der Waals surface area contributed by atoms with Crippen molar-refractivity contribution in [2.75, 3.05) is 26.8 Å². The smallest absolute Gasteiger partial charge is 0.140 e. The molecule has 0 heterocycles. The number of oxime groups is 1. The Morgan fingerprint density at radius 1 is 1.40 bits per heavy atom. The van der Waals surface area contributed by atoms with Crippen LogP contribution in [0.4, 0.5) is 0 Å². The predicted octanol–water partition coefficient (Wildman–Crippen LogP) is 2.58. The van der Waals surface area contributed by atoms with Crippen molar-refractivity contribution in [1.29, 1.82) is 0 Å². The Morgan fingerprint density at radius 2 is 2.15 bits per heavy atom. The molecule has 0 spiro atoms. The number of halogens is 2. The zero-order valence-corrected chi connectivity index (χ0v) is 12.9. The van der Waals surface area contributed by atoms with Gasteiger partial charge in [0.25, 0.3) is 0 Å². The molecule has 1 aromatic rings. The molecule has 0 saturated carbocycles. The first-order valence-electron chi connectivity index (χ1n) is 6.18. The van der Waals surface area contributed by atoms with Gasteiger partial charge in [-0.15, -0.1) is 0 Å².